The van der Waals surface area contributed by atoms with Crippen molar-refractivity contribution in [1.82, 2.24) is 0 Å². The normalized spacial score (nSPS) is 16.3. The highest BCUT2D eigenvalue weighted by Gasteiger charge is 2.26. The van der Waals surface area contributed by atoms with Crippen LogP contribution in [0.4, 0.5) is 0 Å². The SMILES string of the molecule is Cc1ccc(C2=C(Br)C(=O)C=C(Br)C2=O)cc1. The Labute approximate surface area is 116 Å². The van der Waals surface area contributed by atoms with Crippen LogP contribution in [-0.4, -0.2) is 11.6 Å². The van der Waals surface area contributed by atoms with Gasteiger partial charge in [0.15, 0.2) is 5.78 Å². The van der Waals surface area contributed by atoms with Crippen molar-refractivity contribution in [3.63, 3.8) is 0 Å². The zero-order valence-electron chi connectivity index (χ0n) is 8.96. The van der Waals surface area contributed by atoms with E-state index in [9.17, 15) is 9.59 Å². The molecular formula is C13H8Br2O2. The van der Waals surface area contributed by atoms with Crippen LogP contribution in [0.3, 0.4) is 0 Å². The molecule has 0 aromatic heterocycles. The maximum Gasteiger partial charge on any atom is 0.201 e. The summed E-state index contributed by atoms with van der Waals surface area (Å²) >= 11 is 6.30. The van der Waals surface area contributed by atoms with Gasteiger partial charge in [0.25, 0.3) is 0 Å². The number of benzene rings is 1. The van der Waals surface area contributed by atoms with Crippen LogP contribution in [0.15, 0.2) is 39.3 Å². The molecule has 0 saturated heterocycles. The van der Waals surface area contributed by atoms with Crippen molar-refractivity contribution in [2.24, 2.45) is 0 Å². The molecule has 0 aliphatic heterocycles. The molecule has 0 unspecified atom stereocenters. The molecule has 1 aromatic carbocycles. The van der Waals surface area contributed by atoms with Gasteiger partial charge >= 0.3 is 0 Å². The van der Waals surface area contributed by atoms with E-state index in [1.165, 1.54) is 6.08 Å². The second kappa shape index (κ2) is 4.70. The topological polar surface area (TPSA) is 34.1 Å². The molecule has 0 atom stereocenters. The summed E-state index contributed by atoms with van der Waals surface area (Å²) in [7, 11) is 0. The van der Waals surface area contributed by atoms with E-state index in [0.29, 0.717) is 14.5 Å². The molecule has 0 radical (unpaired) electrons. The summed E-state index contributed by atoms with van der Waals surface area (Å²) in [5.41, 5.74) is 2.25. The summed E-state index contributed by atoms with van der Waals surface area (Å²) in [6.07, 6.45) is 1.28. The second-order valence-electron chi connectivity index (χ2n) is 3.74. The molecule has 0 spiro atoms. The number of rotatable bonds is 1. The van der Waals surface area contributed by atoms with Gasteiger partial charge in [0.05, 0.1) is 8.96 Å². The number of ketones is 2. The van der Waals surface area contributed by atoms with E-state index in [1.807, 2.05) is 31.2 Å². The lowest BCUT2D eigenvalue weighted by molar-refractivity contribution is -0.113. The molecule has 2 rings (SSSR count). The standard InChI is InChI=1S/C13H8Br2O2/c1-7-2-4-8(5-3-7)11-12(15)10(16)6-9(14)13(11)17/h2-6H,1H3. The molecule has 0 bridgehead atoms. The number of carbonyl (C=O) groups is 2. The summed E-state index contributed by atoms with van der Waals surface area (Å²) < 4.78 is 0.607. The summed E-state index contributed by atoms with van der Waals surface area (Å²) in [5, 5.41) is 0. The Morgan fingerprint density at radius 1 is 1.00 bits per heavy atom. The largest absolute Gasteiger partial charge is 0.289 e. The van der Waals surface area contributed by atoms with E-state index >= 15 is 0 Å². The van der Waals surface area contributed by atoms with Crippen molar-refractivity contribution in [2.75, 3.05) is 0 Å². The number of carbonyl (C=O) groups excluding carboxylic acids is 2. The quantitative estimate of drug-likeness (QED) is 0.722. The third-order valence-electron chi connectivity index (χ3n) is 2.48. The fourth-order valence-electron chi connectivity index (χ4n) is 1.56. The molecule has 2 nitrogen and oxygen atoms in total. The molecule has 0 saturated carbocycles. The summed E-state index contributed by atoms with van der Waals surface area (Å²) in [6.45, 7) is 1.97. The lowest BCUT2D eigenvalue weighted by Crippen LogP contribution is -2.13. The second-order valence-corrected chi connectivity index (χ2v) is 5.39. The fourth-order valence-corrected chi connectivity index (χ4v) is 2.49. The predicted molar refractivity (Wildman–Crippen MR) is 74.1 cm³/mol. The van der Waals surface area contributed by atoms with E-state index in [0.717, 1.165) is 11.1 Å². The third-order valence-corrected chi connectivity index (χ3v) is 3.85. The Morgan fingerprint density at radius 3 is 2.18 bits per heavy atom. The van der Waals surface area contributed by atoms with Gasteiger partial charge in [0.1, 0.15) is 0 Å². The van der Waals surface area contributed by atoms with Gasteiger partial charge in [0.2, 0.25) is 5.78 Å². The van der Waals surface area contributed by atoms with Gasteiger partial charge in [-0.3, -0.25) is 9.59 Å². The van der Waals surface area contributed by atoms with Crippen LogP contribution in [0, 0.1) is 6.92 Å². The zero-order chi connectivity index (χ0) is 12.6. The molecule has 0 fully saturated rings. The Morgan fingerprint density at radius 2 is 1.59 bits per heavy atom. The van der Waals surface area contributed by atoms with Crippen molar-refractivity contribution in [2.45, 2.75) is 6.92 Å². The Kier molecular flexibility index (Phi) is 3.45. The van der Waals surface area contributed by atoms with Crippen LogP contribution < -0.4 is 0 Å². The van der Waals surface area contributed by atoms with E-state index in [4.69, 9.17) is 0 Å². The maximum atomic E-state index is 12.0. The molecule has 17 heavy (non-hydrogen) atoms. The first-order valence-corrected chi connectivity index (χ1v) is 6.52. The molecule has 4 heteroatoms. The number of allylic oxidation sites excluding steroid dienone is 4. The van der Waals surface area contributed by atoms with E-state index in [1.54, 1.807) is 0 Å². The zero-order valence-corrected chi connectivity index (χ0v) is 12.1. The summed E-state index contributed by atoms with van der Waals surface area (Å²) in [5.74, 6) is -0.382. The average Bonchev–Trinajstić information content (AvgIpc) is 2.29. The summed E-state index contributed by atoms with van der Waals surface area (Å²) in [6, 6.07) is 7.49. The number of hydrogen-bond donors (Lipinski definition) is 0. The predicted octanol–water partition coefficient (Wildman–Crippen LogP) is 3.53. The van der Waals surface area contributed by atoms with Crippen LogP contribution in [0.1, 0.15) is 11.1 Å². The van der Waals surface area contributed by atoms with Gasteiger partial charge in [-0.1, -0.05) is 29.8 Å². The van der Waals surface area contributed by atoms with E-state index in [-0.39, 0.29) is 11.6 Å². The van der Waals surface area contributed by atoms with Crippen LogP contribution in [0.2, 0.25) is 0 Å². The highest BCUT2D eigenvalue weighted by atomic mass is 79.9. The van der Waals surface area contributed by atoms with Gasteiger partial charge in [-0.15, -0.1) is 0 Å². The lowest BCUT2D eigenvalue weighted by atomic mass is 9.95. The summed E-state index contributed by atoms with van der Waals surface area (Å²) in [4.78, 5) is 23.6. The van der Waals surface area contributed by atoms with Crippen LogP contribution in [-0.2, 0) is 9.59 Å². The third kappa shape index (κ3) is 2.33. The van der Waals surface area contributed by atoms with E-state index in [2.05, 4.69) is 31.9 Å². The molecule has 1 aliphatic carbocycles. The molecule has 86 valence electrons. The Hall–Kier alpha value is -1.00. The smallest absolute Gasteiger partial charge is 0.201 e. The highest BCUT2D eigenvalue weighted by molar-refractivity contribution is 9.12. The minimum atomic E-state index is -0.202. The van der Waals surface area contributed by atoms with Crippen molar-refractivity contribution in [3.05, 3.63) is 50.4 Å². The minimum absolute atomic E-state index is 0.180. The number of halogens is 2. The van der Waals surface area contributed by atoms with Crippen LogP contribution >= 0.6 is 31.9 Å². The molecule has 0 heterocycles. The first-order chi connectivity index (χ1) is 8.00. The van der Waals surface area contributed by atoms with E-state index < -0.39 is 0 Å². The van der Waals surface area contributed by atoms with Crippen molar-refractivity contribution < 1.29 is 9.59 Å². The first-order valence-electron chi connectivity index (χ1n) is 4.93. The molecule has 1 aromatic rings. The first kappa shape index (κ1) is 12.5. The van der Waals surface area contributed by atoms with Gasteiger partial charge in [0, 0.05) is 11.6 Å². The maximum absolute atomic E-state index is 12.0. The minimum Gasteiger partial charge on any atom is -0.289 e. The number of Topliss-reactive ketones (excluding diaryl/α,β-unsaturated/α-hetero) is 1. The van der Waals surface area contributed by atoms with Gasteiger partial charge in [-0.05, 0) is 44.3 Å². The van der Waals surface area contributed by atoms with Crippen molar-refractivity contribution in [1.29, 1.82) is 0 Å². The molecule has 0 amide bonds. The molecule has 0 N–H and O–H groups in total. The Balaban J connectivity index is 2.57. The number of aryl methyl sites for hydroxylation is 1. The Bertz CT molecular complexity index is 566. The fraction of sp³-hybridized carbons (Fsp3) is 0.0769. The lowest BCUT2D eigenvalue weighted by Gasteiger charge is -2.13. The van der Waals surface area contributed by atoms with Crippen molar-refractivity contribution >= 4 is 49.0 Å². The molecular weight excluding hydrogens is 348 g/mol. The van der Waals surface area contributed by atoms with Gasteiger partial charge < -0.3 is 0 Å². The van der Waals surface area contributed by atoms with Crippen LogP contribution in [0.25, 0.3) is 5.57 Å². The van der Waals surface area contributed by atoms with Gasteiger partial charge in [-0.2, -0.15) is 0 Å². The molecule has 1 aliphatic rings. The number of hydrogen-bond acceptors (Lipinski definition) is 2. The van der Waals surface area contributed by atoms with Gasteiger partial charge in [-0.25, -0.2) is 0 Å². The van der Waals surface area contributed by atoms with Crippen molar-refractivity contribution in [3.8, 4) is 0 Å². The highest BCUT2D eigenvalue weighted by Crippen LogP contribution is 2.33. The average molecular weight is 356 g/mol. The monoisotopic (exact) mass is 354 g/mol. The van der Waals surface area contributed by atoms with Crippen LogP contribution in [0.5, 0.6) is 0 Å².